The van der Waals surface area contributed by atoms with Crippen molar-refractivity contribution in [3.8, 4) is 5.75 Å². The number of nitrogens with one attached hydrogen (secondary N) is 1. The molecule has 1 unspecified atom stereocenters. The molecule has 0 aliphatic carbocycles. The Labute approximate surface area is 176 Å². The van der Waals surface area contributed by atoms with Gasteiger partial charge in [-0.2, -0.15) is 0 Å². The average molecular weight is 363 g/mol. The minimum Gasteiger partial charge on any atom is -0.545 e. The van der Waals surface area contributed by atoms with Crippen LogP contribution in [0.1, 0.15) is 48.2 Å². The average Bonchev–Trinajstić information content (AvgIpc) is 2.54. The fraction of sp³-hybridized carbons (Fsp3) is 0.300. The molecule has 0 spiro atoms. The van der Waals surface area contributed by atoms with Crippen molar-refractivity contribution in [1.29, 1.82) is 0 Å². The zero-order chi connectivity index (χ0) is 18.6. The molecule has 132 valence electrons. The first-order valence-corrected chi connectivity index (χ1v) is 8.17. The molecule has 1 N–H and O–H groups in total. The van der Waals surface area contributed by atoms with E-state index in [-0.39, 0.29) is 41.0 Å². The molecular weight excluding hydrogens is 341 g/mol. The number of carbonyl (C=O) groups excluding carboxylic acids is 2. The van der Waals surface area contributed by atoms with Crippen LogP contribution in [0.2, 0.25) is 0 Å². The van der Waals surface area contributed by atoms with Crippen LogP contribution < -0.4 is 44.7 Å². The van der Waals surface area contributed by atoms with Gasteiger partial charge in [-0.05, 0) is 60.7 Å². The number of rotatable bonds is 6. The number of carbonyl (C=O) groups is 2. The maximum atomic E-state index is 12.3. The number of aromatic carboxylic acids is 1. The van der Waals surface area contributed by atoms with Gasteiger partial charge in [0.05, 0.1) is 5.97 Å². The molecule has 1 atom stereocenters. The SMILES string of the molecule is Cc1cc(OC(C)C(=O)Nc2cccc(C(=O)[O-])c2)ccc1C(C)C.[Na+]. The van der Waals surface area contributed by atoms with Crippen molar-refractivity contribution >= 4 is 17.6 Å². The van der Waals surface area contributed by atoms with E-state index < -0.39 is 12.1 Å². The number of aryl methyl sites for hydroxylation is 1. The molecule has 0 fully saturated rings. The van der Waals surface area contributed by atoms with E-state index in [1.165, 1.54) is 17.7 Å². The molecular formula is C20H22NNaO4. The van der Waals surface area contributed by atoms with Gasteiger partial charge in [0.15, 0.2) is 6.10 Å². The second kappa shape index (κ2) is 9.76. The van der Waals surface area contributed by atoms with E-state index in [2.05, 4.69) is 19.2 Å². The van der Waals surface area contributed by atoms with E-state index in [0.29, 0.717) is 17.4 Å². The van der Waals surface area contributed by atoms with Gasteiger partial charge in [-0.3, -0.25) is 4.79 Å². The van der Waals surface area contributed by atoms with E-state index in [4.69, 9.17) is 4.74 Å². The number of carboxylic acid groups (broad SMARTS) is 1. The van der Waals surface area contributed by atoms with Crippen LogP contribution in [0.4, 0.5) is 5.69 Å². The summed E-state index contributed by atoms with van der Waals surface area (Å²) in [5.74, 6) is -0.610. The normalized spacial score (nSPS) is 11.4. The van der Waals surface area contributed by atoms with Crippen molar-refractivity contribution in [2.24, 2.45) is 0 Å². The van der Waals surface area contributed by atoms with Crippen molar-refractivity contribution in [2.75, 3.05) is 5.32 Å². The number of benzene rings is 2. The van der Waals surface area contributed by atoms with Crippen LogP contribution in [0.15, 0.2) is 42.5 Å². The van der Waals surface area contributed by atoms with Crippen molar-refractivity contribution in [1.82, 2.24) is 0 Å². The van der Waals surface area contributed by atoms with Gasteiger partial charge < -0.3 is 20.0 Å². The molecule has 5 nitrogen and oxygen atoms in total. The summed E-state index contributed by atoms with van der Waals surface area (Å²) >= 11 is 0. The van der Waals surface area contributed by atoms with E-state index >= 15 is 0 Å². The maximum absolute atomic E-state index is 12.3. The Kier molecular flexibility index (Phi) is 8.34. The van der Waals surface area contributed by atoms with Crippen molar-refractivity contribution in [2.45, 2.75) is 39.7 Å². The third kappa shape index (κ3) is 5.87. The smallest absolute Gasteiger partial charge is 0.545 e. The van der Waals surface area contributed by atoms with E-state index in [1.807, 2.05) is 25.1 Å². The molecule has 0 bridgehead atoms. The van der Waals surface area contributed by atoms with Crippen LogP contribution in [0.25, 0.3) is 0 Å². The summed E-state index contributed by atoms with van der Waals surface area (Å²) in [5, 5.41) is 13.5. The quantitative estimate of drug-likeness (QED) is 0.727. The molecule has 0 aromatic heterocycles. The molecule has 2 rings (SSSR count). The van der Waals surface area contributed by atoms with Crippen LogP contribution in [-0.2, 0) is 4.79 Å². The molecule has 0 aliphatic heterocycles. The first kappa shape index (κ1) is 22.2. The van der Waals surface area contributed by atoms with Gasteiger partial charge in [-0.15, -0.1) is 0 Å². The molecule has 2 aromatic rings. The monoisotopic (exact) mass is 363 g/mol. The summed E-state index contributed by atoms with van der Waals surface area (Å²) in [5.41, 5.74) is 2.74. The summed E-state index contributed by atoms with van der Waals surface area (Å²) in [7, 11) is 0. The number of ether oxygens (including phenoxy) is 1. The van der Waals surface area contributed by atoms with Crippen molar-refractivity contribution in [3.05, 3.63) is 59.2 Å². The Morgan fingerprint density at radius 1 is 1.08 bits per heavy atom. The zero-order valence-electron chi connectivity index (χ0n) is 15.8. The molecule has 0 radical (unpaired) electrons. The summed E-state index contributed by atoms with van der Waals surface area (Å²) in [6.07, 6.45) is -0.726. The minimum absolute atomic E-state index is 0. The third-order valence-corrected chi connectivity index (χ3v) is 3.91. The molecule has 1 amide bonds. The topological polar surface area (TPSA) is 78.5 Å². The zero-order valence-corrected chi connectivity index (χ0v) is 17.8. The second-order valence-electron chi connectivity index (χ2n) is 6.29. The van der Waals surface area contributed by atoms with E-state index in [9.17, 15) is 14.7 Å². The first-order valence-electron chi connectivity index (χ1n) is 8.17. The molecule has 6 heteroatoms. The van der Waals surface area contributed by atoms with Crippen LogP contribution in [0.3, 0.4) is 0 Å². The number of anilines is 1. The molecule has 0 saturated carbocycles. The molecule has 0 saturated heterocycles. The molecule has 0 heterocycles. The van der Waals surface area contributed by atoms with Crippen molar-refractivity contribution < 1.29 is 49.0 Å². The summed E-state index contributed by atoms with van der Waals surface area (Å²) in [4.78, 5) is 23.1. The maximum Gasteiger partial charge on any atom is 1.00 e. The first-order chi connectivity index (χ1) is 11.8. The van der Waals surface area contributed by atoms with Crippen LogP contribution >= 0.6 is 0 Å². The van der Waals surface area contributed by atoms with E-state index in [0.717, 1.165) is 5.56 Å². The molecule has 0 aliphatic rings. The Bertz CT molecular complexity index is 789. The summed E-state index contributed by atoms with van der Waals surface area (Å²) in [6.45, 7) is 7.90. The third-order valence-electron chi connectivity index (χ3n) is 3.91. The largest absolute Gasteiger partial charge is 1.00 e. The summed E-state index contributed by atoms with van der Waals surface area (Å²) < 4.78 is 5.70. The molecule has 2 aromatic carbocycles. The second-order valence-corrected chi connectivity index (χ2v) is 6.29. The Balaban J connectivity index is 0.00000338. The van der Waals surface area contributed by atoms with Gasteiger partial charge in [0.2, 0.25) is 0 Å². The number of hydrogen-bond donors (Lipinski definition) is 1. The van der Waals surface area contributed by atoms with Gasteiger partial charge in [0.1, 0.15) is 5.75 Å². The summed E-state index contributed by atoms with van der Waals surface area (Å²) in [6, 6.07) is 11.7. The Hall–Kier alpha value is -1.82. The van der Waals surface area contributed by atoms with Gasteiger partial charge in [-0.1, -0.05) is 32.0 Å². The fourth-order valence-electron chi connectivity index (χ4n) is 2.59. The van der Waals surface area contributed by atoms with Gasteiger partial charge in [0, 0.05) is 5.69 Å². The Morgan fingerprint density at radius 2 is 1.77 bits per heavy atom. The van der Waals surface area contributed by atoms with Crippen LogP contribution in [0, 0.1) is 6.92 Å². The van der Waals surface area contributed by atoms with E-state index in [1.54, 1.807) is 19.1 Å². The fourth-order valence-corrected chi connectivity index (χ4v) is 2.59. The number of amides is 1. The minimum atomic E-state index is -1.29. The standard InChI is InChI=1S/C20H23NO4.Na/c1-12(2)18-9-8-17(10-13(18)3)25-14(4)19(22)21-16-7-5-6-15(11-16)20(23)24;/h5-12,14H,1-4H3,(H,21,22)(H,23,24);/q;+1/p-1. The predicted octanol–water partition coefficient (Wildman–Crippen LogP) is -0.108. The predicted molar refractivity (Wildman–Crippen MR) is 94.8 cm³/mol. The van der Waals surface area contributed by atoms with Gasteiger partial charge in [0.25, 0.3) is 5.91 Å². The Morgan fingerprint density at radius 3 is 2.35 bits per heavy atom. The number of carboxylic acids is 1. The van der Waals surface area contributed by atoms with Crippen molar-refractivity contribution in [3.63, 3.8) is 0 Å². The van der Waals surface area contributed by atoms with Gasteiger partial charge in [-0.25, -0.2) is 0 Å². The molecule has 26 heavy (non-hydrogen) atoms. The van der Waals surface area contributed by atoms with Gasteiger partial charge >= 0.3 is 29.6 Å². The number of hydrogen-bond acceptors (Lipinski definition) is 4. The van der Waals surface area contributed by atoms with Crippen LogP contribution in [0.5, 0.6) is 5.75 Å². The van der Waals surface area contributed by atoms with Crippen LogP contribution in [-0.4, -0.2) is 18.0 Å².